The van der Waals surface area contributed by atoms with Gasteiger partial charge in [-0.2, -0.15) is 0 Å². The van der Waals surface area contributed by atoms with E-state index in [0.717, 1.165) is 13.1 Å². The van der Waals surface area contributed by atoms with Gasteiger partial charge in [0.1, 0.15) is 0 Å². The smallest absolute Gasteiger partial charge is 0.178 e. The first kappa shape index (κ1) is 13.5. The van der Waals surface area contributed by atoms with Crippen molar-refractivity contribution in [1.29, 1.82) is 0 Å². The van der Waals surface area contributed by atoms with Gasteiger partial charge in [0, 0.05) is 5.02 Å². The normalized spacial score (nSPS) is 11.6. The maximum absolute atomic E-state index is 11.9. The first-order valence-corrected chi connectivity index (χ1v) is 7.28. The van der Waals surface area contributed by atoms with Crippen molar-refractivity contribution in [1.82, 2.24) is 5.32 Å². The van der Waals surface area contributed by atoms with E-state index >= 15 is 0 Å². The van der Waals surface area contributed by atoms with Crippen molar-refractivity contribution < 1.29 is 8.42 Å². The number of halogens is 1. The van der Waals surface area contributed by atoms with Crippen LogP contribution < -0.4 is 5.32 Å². The molecule has 0 saturated heterocycles. The van der Waals surface area contributed by atoms with Crippen molar-refractivity contribution in [3.8, 4) is 0 Å². The van der Waals surface area contributed by atoms with Gasteiger partial charge in [-0.25, -0.2) is 8.42 Å². The summed E-state index contributed by atoms with van der Waals surface area (Å²) >= 11 is 5.76. The topological polar surface area (TPSA) is 46.2 Å². The van der Waals surface area contributed by atoms with E-state index in [4.69, 9.17) is 11.6 Å². The van der Waals surface area contributed by atoms with Crippen LogP contribution in [0.25, 0.3) is 0 Å². The van der Waals surface area contributed by atoms with E-state index in [1.54, 1.807) is 18.2 Å². The van der Waals surface area contributed by atoms with Crippen molar-refractivity contribution in [3.05, 3.63) is 29.3 Å². The van der Waals surface area contributed by atoms with Gasteiger partial charge in [0.25, 0.3) is 0 Å². The van der Waals surface area contributed by atoms with E-state index in [1.165, 1.54) is 6.07 Å². The maximum atomic E-state index is 11.9. The maximum Gasteiger partial charge on any atom is 0.178 e. The highest BCUT2D eigenvalue weighted by molar-refractivity contribution is 7.91. The Hall–Kier alpha value is -0.580. The summed E-state index contributed by atoms with van der Waals surface area (Å²) in [5.41, 5.74) is 0. The Kier molecular flexibility index (Phi) is 5.25. The monoisotopic (exact) mass is 261 g/mol. The van der Waals surface area contributed by atoms with Crippen LogP contribution in [-0.2, 0) is 9.84 Å². The van der Waals surface area contributed by atoms with E-state index in [2.05, 4.69) is 5.32 Å². The van der Waals surface area contributed by atoms with Crippen molar-refractivity contribution in [2.75, 3.05) is 18.8 Å². The second-order valence-corrected chi connectivity index (χ2v) is 6.03. The van der Waals surface area contributed by atoms with Crippen LogP contribution in [0.3, 0.4) is 0 Å². The summed E-state index contributed by atoms with van der Waals surface area (Å²) in [5, 5.41) is 3.54. The molecule has 0 aromatic heterocycles. The molecule has 1 rings (SSSR count). The molecule has 16 heavy (non-hydrogen) atoms. The van der Waals surface area contributed by atoms with Crippen LogP contribution >= 0.6 is 11.6 Å². The van der Waals surface area contributed by atoms with E-state index < -0.39 is 9.84 Å². The molecule has 0 aliphatic heterocycles. The second kappa shape index (κ2) is 6.23. The van der Waals surface area contributed by atoms with Crippen LogP contribution in [-0.4, -0.2) is 27.3 Å². The Balaban J connectivity index is 2.64. The Labute approximate surface area is 102 Å². The molecule has 0 bridgehead atoms. The molecule has 1 aromatic rings. The Bertz CT molecular complexity index is 431. The number of hydrogen-bond acceptors (Lipinski definition) is 3. The lowest BCUT2D eigenvalue weighted by Gasteiger charge is -2.05. The van der Waals surface area contributed by atoms with Gasteiger partial charge < -0.3 is 5.32 Å². The third-order valence-electron chi connectivity index (χ3n) is 2.17. The molecule has 0 aliphatic carbocycles. The van der Waals surface area contributed by atoms with E-state index in [9.17, 15) is 8.42 Å². The van der Waals surface area contributed by atoms with E-state index in [1.807, 2.05) is 6.92 Å². The predicted octanol–water partition coefficient (Wildman–Crippen LogP) is 2.11. The molecule has 0 atom stereocenters. The summed E-state index contributed by atoms with van der Waals surface area (Å²) in [6.45, 7) is 3.57. The Morgan fingerprint density at radius 2 is 2.12 bits per heavy atom. The van der Waals surface area contributed by atoms with Crippen molar-refractivity contribution in [2.45, 2.75) is 18.2 Å². The number of sulfone groups is 1. The van der Waals surface area contributed by atoms with Gasteiger partial charge in [-0.05, 0) is 37.7 Å². The van der Waals surface area contributed by atoms with Gasteiger partial charge in [-0.15, -0.1) is 0 Å². The number of hydrogen-bond donors (Lipinski definition) is 1. The minimum absolute atomic E-state index is 0.153. The highest BCUT2D eigenvalue weighted by atomic mass is 35.5. The molecule has 0 heterocycles. The fourth-order valence-corrected chi connectivity index (χ4v) is 2.95. The third kappa shape index (κ3) is 4.12. The summed E-state index contributed by atoms with van der Waals surface area (Å²) in [4.78, 5) is 0.302. The third-order valence-corrected chi connectivity index (χ3v) is 4.21. The SMILES string of the molecule is CCNCCCS(=O)(=O)c1cccc(Cl)c1. The summed E-state index contributed by atoms with van der Waals surface area (Å²) in [6.07, 6.45) is 0.614. The molecule has 0 radical (unpaired) electrons. The molecular weight excluding hydrogens is 246 g/mol. The van der Waals surface area contributed by atoms with Crippen molar-refractivity contribution >= 4 is 21.4 Å². The van der Waals surface area contributed by atoms with Gasteiger partial charge in [-0.3, -0.25) is 0 Å². The molecule has 90 valence electrons. The lowest BCUT2D eigenvalue weighted by atomic mass is 10.4. The average Bonchev–Trinajstić information content (AvgIpc) is 2.24. The van der Waals surface area contributed by atoms with Gasteiger partial charge >= 0.3 is 0 Å². The molecular formula is C11H16ClNO2S. The van der Waals surface area contributed by atoms with Gasteiger partial charge in [0.05, 0.1) is 10.6 Å². The summed E-state index contributed by atoms with van der Waals surface area (Å²) < 4.78 is 23.7. The molecule has 1 aromatic carbocycles. The van der Waals surface area contributed by atoms with Gasteiger partial charge in [-0.1, -0.05) is 24.6 Å². The molecule has 0 saturated carbocycles. The first-order valence-electron chi connectivity index (χ1n) is 5.25. The van der Waals surface area contributed by atoms with Crippen LogP contribution in [0.1, 0.15) is 13.3 Å². The van der Waals surface area contributed by atoms with Crippen LogP contribution in [0, 0.1) is 0 Å². The second-order valence-electron chi connectivity index (χ2n) is 3.48. The molecule has 3 nitrogen and oxygen atoms in total. The minimum Gasteiger partial charge on any atom is -0.317 e. The number of benzene rings is 1. The highest BCUT2D eigenvalue weighted by Crippen LogP contribution is 2.17. The van der Waals surface area contributed by atoms with Crippen LogP contribution in [0.15, 0.2) is 29.2 Å². The average molecular weight is 262 g/mol. The molecule has 0 unspecified atom stereocenters. The van der Waals surface area contributed by atoms with E-state index in [0.29, 0.717) is 16.3 Å². The minimum atomic E-state index is -3.19. The molecule has 1 N–H and O–H groups in total. The van der Waals surface area contributed by atoms with Crippen LogP contribution in [0.4, 0.5) is 0 Å². The fourth-order valence-electron chi connectivity index (χ4n) is 1.34. The Morgan fingerprint density at radius 1 is 1.38 bits per heavy atom. The zero-order chi connectivity index (χ0) is 12.0. The largest absolute Gasteiger partial charge is 0.317 e. The number of nitrogens with one attached hydrogen (secondary N) is 1. The molecule has 0 aliphatic rings. The first-order chi connectivity index (χ1) is 7.56. The molecule has 0 spiro atoms. The van der Waals surface area contributed by atoms with E-state index in [-0.39, 0.29) is 5.75 Å². The van der Waals surface area contributed by atoms with Crippen molar-refractivity contribution in [2.24, 2.45) is 0 Å². The standard InChI is InChI=1S/C11H16ClNO2S/c1-2-13-7-4-8-16(14,15)11-6-3-5-10(12)9-11/h3,5-6,9,13H,2,4,7-8H2,1H3. The molecule has 0 fully saturated rings. The van der Waals surface area contributed by atoms with Crippen LogP contribution in [0.2, 0.25) is 5.02 Å². The molecule has 0 amide bonds. The quantitative estimate of drug-likeness (QED) is 0.798. The summed E-state index contributed by atoms with van der Waals surface area (Å²) in [6, 6.07) is 6.39. The summed E-state index contributed by atoms with van der Waals surface area (Å²) in [7, 11) is -3.19. The van der Waals surface area contributed by atoms with Gasteiger partial charge in [0.15, 0.2) is 9.84 Å². The lowest BCUT2D eigenvalue weighted by Crippen LogP contribution is -2.18. The van der Waals surface area contributed by atoms with Crippen molar-refractivity contribution in [3.63, 3.8) is 0 Å². The highest BCUT2D eigenvalue weighted by Gasteiger charge is 2.13. The summed E-state index contributed by atoms with van der Waals surface area (Å²) in [5.74, 6) is 0.153. The number of rotatable bonds is 6. The predicted molar refractivity (Wildman–Crippen MR) is 66.7 cm³/mol. The lowest BCUT2D eigenvalue weighted by molar-refractivity contribution is 0.590. The van der Waals surface area contributed by atoms with Crippen LogP contribution in [0.5, 0.6) is 0 Å². The zero-order valence-corrected chi connectivity index (χ0v) is 10.8. The van der Waals surface area contributed by atoms with Gasteiger partial charge in [0.2, 0.25) is 0 Å². The zero-order valence-electron chi connectivity index (χ0n) is 9.24. The fraction of sp³-hybridized carbons (Fsp3) is 0.455. The molecule has 5 heteroatoms. The Morgan fingerprint density at radius 3 is 2.75 bits per heavy atom.